The molecule has 24 heavy (non-hydrogen) atoms. The van der Waals surface area contributed by atoms with Crippen LogP contribution in [0.3, 0.4) is 0 Å². The van der Waals surface area contributed by atoms with Crippen LogP contribution in [0.1, 0.15) is 41.0 Å². The largest absolute Gasteiger partial charge is 0.351 e. The molecule has 1 aliphatic rings. The lowest BCUT2D eigenvalue weighted by atomic mass is 10.1. The molecule has 0 fully saturated rings. The lowest BCUT2D eigenvalue weighted by Crippen LogP contribution is -2.25. The van der Waals surface area contributed by atoms with Gasteiger partial charge in [0.15, 0.2) is 0 Å². The Kier molecular flexibility index (Phi) is 5.64. The molecule has 1 aromatic carbocycles. The van der Waals surface area contributed by atoms with Crippen LogP contribution in [0.5, 0.6) is 0 Å². The second-order valence-corrected chi connectivity index (χ2v) is 6.53. The summed E-state index contributed by atoms with van der Waals surface area (Å²) in [6.45, 7) is 3.53. The third-order valence-corrected chi connectivity index (χ3v) is 4.46. The van der Waals surface area contributed by atoms with Crippen LogP contribution in [0.15, 0.2) is 36.4 Å². The van der Waals surface area contributed by atoms with Crippen LogP contribution in [0.25, 0.3) is 0 Å². The van der Waals surface area contributed by atoms with Crippen molar-refractivity contribution in [2.75, 3.05) is 20.1 Å². The van der Waals surface area contributed by atoms with Crippen LogP contribution in [-0.4, -0.2) is 40.7 Å². The monoisotopic (exact) mass is 326 g/mol. The fourth-order valence-electron chi connectivity index (χ4n) is 3.12. The Morgan fingerprint density at radius 3 is 2.88 bits per heavy atom. The molecule has 128 valence electrons. The van der Waals surface area contributed by atoms with Crippen molar-refractivity contribution >= 4 is 5.91 Å². The summed E-state index contributed by atoms with van der Waals surface area (Å²) >= 11 is 0. The predicted molar refractivity (Wildman–Crippen MR) is 94.9 cm³/mol. The van der Waals surface area contributed by atoms with Gasteiger partial charge in [-0.25, -0.2) is 0 Å². The van der Waals surface area contributed by atoms with E-state index in [0.29, 0.717) is 12.2 Å². The van der Waals surface area contributed by atoms with Gasteiger partial charge in [-0.3, -0.25) is 9.48 Å². The molecule has 0 saturated heterocycles. The highest BCUT2D eigenvalue weighted by atomic mass is 16.1. The van der Waals surface area contributed by atoms with Crippen molar-refractivity contribution in [2.24, 2.45) is 0 Å². The number of nitrogens with zero attached hydrogens (tertiary/aromatic N) is 3. The van der Waals surface area contributed by atoms with Gasteiger partial charge in [-0.05, 0) is 44.4 Å². The van der Waals surface area contributed by atoms with Gasteiger partial charge >= 0.3 is 0 Å². The van der Waals surface area contributed by atoms with E-state index in [2.05, 4.69) is 46.6 Å². The smallest absolute Gasteiger partial charge is 0.271 e. The normalized spacial score (nSPS) is 14.9. The number of carbonyl (C=O) groups excluding carboxylic acids is 1. The quantitative estimate of drug-likeness (QED) is 0.830. The molecule has 1 aliphatic heterocycles. The highest BCUT2D eigenvalue weighted by Crippen LogP contribution is 2.12. The van der Waals surface area contributed by atoms with Gasteiger partial charge in [-0.15, -0.1) is 0 Å². The average Bonchev–Trinajstić information content (AvgIpc) is 2.90. The molecule has 0 bridgehead atoms. The van der Waals surface area contributed by atoms with E-state index in [9.17, 15) is 4.79 Å². The maximum Gasteiger partial charge on any atom is 0.271 e. The van der Waals surface area contributed by atoms with E-state index in [1.807, 2.05) is 16.8 Å². The number of hydrogen-bond donors (Lipinski definition) is 1. The van der Waals surface area contributed by atoms with Crippen LogP contribution in [0.2, 0.25) is 0 Å². The molecule has 0 spiro atoms. The number of nitrogens with one attached hydrogen (secondary N) is 1. The van der Waals surface area contributed by atoms with Crippen molar-refractivity contribution in [3.05, 3.63) is 53.3 Å². The number of aryl methyl sites for hydroxylation is 2. The van der Waals surface area contributed by atoms with E-state index < -0.39 is 0 Å². The molecular formula is C19H26N4O. The molecule has 3 rings (SSSR count). The Balaban J connectivity index is 1.43. The average molecular weight is 326 g/mol. The van der Waals surface area contributed by atoms with E-state index in [1.54, 1.807) is 0 Å². The third-order valence-electron chi connectivity index (χ3n) is 4.46. The molecular weight excluding hydrogens is 300 g/mol. The van der Waals surface area contributed by atoms with Crippen molar-refractivity contribution in [2.45, 2.75) is 38.8 Å². The number of benzene rings is 1. The summed E-state index contributed by atoms with van der Waals surface area (Å²) in [6, 6.07) is 12.4. The number of unbranched alkanes of at least 4 members (excludes halogenated alkanes) is 1. The zero-order valence-corrected chi connectivity index (χ0v) is 14.4. The first kappa shape index (κ1) is 16.7. The van der Waals surface area contributed by atoms with E-state index in [0.717, 1.165) is 51.0 Å². The van der Waals surface area contributed by atoms with Gasteiger partial charge < -0.3 is 10.2 Å². The topological polar surface area (TPSA) is 50.2 Å². The fraction of sp³-hybridized carbons (Fsp3) is 0.474. The molecule has 0 radical (unpaired) electrons. The Morgan fingerprint density at radius 2 is 2.04 bits per heavy atom. The minimum atomic E-state index is -0.0575. The van der Waals surface area contributed by atoms with Crippen LogP contribution in [-0.2, 0) is 19.5 Å². The molecule has 2 aromatic rings. The highest BCUT2D eigenvalue weighted by molar-refractivity contribution is 5.92. The number of amides is 1. The second-order valence-electron chi connectivity index (χ2n) is 6.53. The van der Waals surface area contributed by atoms with Gasteiger partial charge in [0.2, 0.25) is 0 Å². The minimum absolute atomic E-state index is 0.0575. The first-order valence-corrected chi connectivity index (χ1v) is 8.80. The number of fused-ring (bicyclic) bond motifs is 1. The summed E-state index contributed by atoms with van der Waals surface area (Å²) in [5, 5.41) is 7.46. The molecule has 0 unspecified atom stereocenters. The lowest BCUT2D eigenvalue weighted by Gasteiger charge is -2.10. The van der Waals surface area contributed by atoms with Crippen molar-refractivity contribution in [3.8, 4) is 0 Å². The van der Waals surface area contributed by atoms with Gasteiger partial charge in [-0.2, -0.15) is 5.10 Å². The predicted octanol–water partition coefficient (Wildman–Crippen LogP) is 2.47. The molecule has 5 nitrogen and oxygen atoms in total. The van der Waals surface area contributed by atoms with Gasteiger partial charge in [0, 0.05) is 26.2 Å². The summed E-state index contributed by atoms with van der Waals surface area (Å²) in [6.07, 6.45) is 4.19. The van der Waals surface area contributed by atoms with Crippen molar-refractivity contribution in [1.29, 1.82) is 0 Å². The molecule has 1 amide bonds. The van der Waals surface area contributed by atoms with E-state index in [4.69, 9.17) is 0 Å². The van der Waals surface area contributed by atoms with Crippen LogP contribution in [0, 0.1) is 0 Å². The van der Waals surface area contributed by atoms with E-state index >= 15 is 0 Å². The van der Waals surface area contributed by atoms with Crippen LogP contribution >= 0.6 is 0 Å². The first-order valence-electron chi connectivity index (χ1n) is 8.80. The number of aromatic nitrogens is 2. The van der Waals surface area contributed by atoms with E-state index in [1.165, 1.54) is 5.56 Å². The summed E-state index contributed by atoms with van der Waals surface area (Å²) in [5.41, 5.74) is 3.03. The van der Waals surface area contributed by atoms with Gasteiger partial charge in [0.05, 0.1) is 5.69 Å². The molecule has 0 saturated carbocycles. The van der Waals surface area contributed by atoms with Gasteiger partial charge in [0.1, 0.15) is 5.69 Å². The van der Waals surface area contributed by atoms with Crippen LogP contribution in [0.4, 0.5) is 0 Å². The maximum atomic E-state index is 12.3. The second kappa shape index (κ2) is 8.11. The van der Waals surface area contributed by atoms with Gasteiger partial charge in [0.25, 0.3) is 5.91 Å². The Hall–Kier alpha value is -2.14. The molecule has 0 aliphatic carbocycles. The summed E-state index contributed by atoms with van der Waals surface area (Å²) < 4.78 is 1.98. The van der Waals surface area contributed by atoms with Crippen molar-refractivity contribution < 1.29 is 4.79 Å². The Labute approximate surface area is 143 Å². The molecule has 1 aromatic heterocycles. The highest BCUT2D eigenvalue weighted by Gasteiger charge is 2.17. The molecule has 1 N–H and O–H groups in total. The van der Waals surface area contributed by atoms with Crippen molar-refractivity contribution in [1.82, 2.24) is 20.0 Å². The fourth-order valence-corrected chi connectivity index (χ4v) is 3.12. The SMILES string of the molecule is CN1CCCn2nc(C(=O)NCCCCc3ccccc3)cc2C1. The molecule has 5 heteroatoms. The lowest BCUT2D eigenvalue weighted by molar-refractivity contribution is 0.0947. The zero-order valence-electron chi connectivity index (χ0n) is 14.4. The summed E-state index contributed by atoms with van der Waals surface area (Å²) in [4.78, 5) is 14.5. The molecule has 0 atom stereocenters. The number of carbonyl (C=O) groups is 1. The Morgan fingerprint density at radius 1 is 1.21 bits per heavy atom. The number of hydrogen-bond acceptors (Lipinski definition) is 3. The van der Waals surface area contributed by atoms with Crippen LogP contribution < -0.4 is 5.32 Å². The third kappa shape index (κ3) is 4.45. The zero-order chi connectivity index (χ0) is 16.8. The van der Waals surface area contributed by atoms with E-state index in [-0.39, 0.29) is 5.91 Å². The maximum absolute atomic E-state index is 12.3. The summed E-state index contributed by atoms with van der Waals surface area (Å²) in [7, 11) is 2.11. The molecule has 2 heterocycles. The number of rotatable bonds is 6. The minimum Gasteiger partial charge on any atom is -0.351 e. The van der Waals surface area contributed by atoms with Gasteiger partial charge in [-0.1, -0.05) is 30.3 Å². The summed E-state index contributed by atoms with van der Waals surface area (Å²) in [5.74, 6) is -0.0575. The first-order chi connectivity index (χ1) is 11.7. The van der Waals surface area contributed by atoms with Crippen molar-refractivity contribution in [3.63, 3.8) is 0 Å². The Bertz CT molecular complexity index is 665. The standard InChI is InChI=1S/C19H26N4O/c1-22-12-7-13-23-17(15-22)14-18(21-23)19(24)20-11-6-5-10-16-8-3-2-4-9-16/h2-4,8-9,14H,5-7,10-13,15H2,1H3,(H,20,24).